The number of carbonyl (C=O) groups is 1. The number of aryl methyl sites for hydroxylation is 1. The number of nitrogens with one attached hydrogen (secondary N) is 1. The molecule has 0 aliphatic heterocycles. The number of rotatable bonds is 3. The molecule has 0 fully saturated rings. The average Bonchev–Trinajstić information content (AvgIpc) is 2.49. The largest absolute Gasteiger partial charge is 0.507 e. The highest BCUT2D eigenvalue weighted by Crippen LogP contribution is 2.35. The summed E-state index contributed by atoms with van der Waals surface area (Å²) in [6.07, 6.45) is 1.45. The van der Waals surface area contributed by atoms with Crippen LogP contribution in [0.15, 0.2) is 46.0 Å². The van der Waals surface area contributed by atoms with Crippen LogP contribution >= 0.6 is 15.9 Å². The Balaban J connectivity index is 2.21. The number of hydrazone groups is 1. The summed E-state index contributed by atoms with van der Waals surface area (Å²) in [5.41, 5.74) is 5.17. The predicted molar refractivity (Wildman–Crippen MR) is 101 cm³/mol. The first-order valence-electron chi connectivity index (χ1n) is 7.61. The molecule has 126 valence electrons. The molecule has 1 amide bonds. The summed E-state index contributed by atoms with van der Waals surface area (Å²) in [5.74, 6) is -0.125. The molecule has 0 heterocycles. The van der Waals surface area contributed by atoms with Gasteiger partial charge >= 0.3 is 0 Å². The Morgan fingerprint density at radius 3 is 2.58 bits per heavy atom. The van der Waals surface area contributed by atoms with Crippen LogP contribution < -0.4 is 5.43 Å². The minimum atomic E-state index is -0.291. The molecule has 0 saturated carbocycles. The van der Waals surface area contributed by atoms with Crippen molar-refractivity contribution < 1.29 is 9.90 Å². The van der Waals surface area contributed by atoms with Crippen molar-refractivity contribution in [1.29, 1.82) is 0 Å². The van der Waals surface area contributed by atoms with Gasteiger partial charge in [-0.2, -0.15) is 5.10 Å². The molecular weight excluding hydrogens is 368 g/mol. The van der Waals surface area contributed by atoms with Gasteiger partial charge in [0.2, 0.25) is 0 Å². The van der Waals surface area contributed by atoms with Crippen molar-refractivity contribution in [3.8, 4) is 5.75 Å². The number of phenolic OH excluding ortho intramolecular Hbond substituents is 1. The zero-order valence-electron chi connectivity index (χ0n) is 14.2. The van der Waals surface area contributed by atoms with Crippen LogP contribution in [-0.2, 0) is 5.41 Å². The van der Waals surface area contributed by atoms with Crippen LogP contribution in [0.5, 0.6) is 5.75 Å². The topological polar surface area (TPSA) is 61.7 Å². The number of hydrogen-bond acceptors (Lipinski definition) is 3. The van der Waals surface area contributed by atoms with E-state index < -0.39 is 0 Å². The average molecular weight is 389 g/mol. The number of benzene rings is 2. The zero-order valence-corrected chi connectivity index (χ0v) is 15.8. The highest BCUT2D eigenvalue weighted by Gasteiger charge is 2.20. The van der Waals surface area contributed by atoms with E-state index in [0.717, 1.165) is 15.6 Å². The second kappa shape index (κ2) is 7.18. The number of phenols is 1. The predicted octanol–water partition coefficient (Wildman–Crippen LogP) is 4.52. The fourth-order valence-electron chi connectivity index (χ4n) is 2.30. The smallest absolute Gasteiger partial charge is 0.271 e. The Bertz CT molecular complexity index is 792. The quantitative estimate of drug-likeness (QED) is 0.599. The first-order chi connectivity index (χ1) is 11.2. The summed E-state index contributed by atoms with van der Waals surface area (Å²) in [6.45, 7) is 7.99. The Kier molecular flexibility index (Phi) is 5.44. The van der Waals surface area contributed by atoms with Crippen molar-refractivity contribution in [3.05, 3.63) is 63.1 Å². The number of amides is 1. The van der Waals surface area contributed by atoms with E-state index in [2.05, 4.69) is 26.5 Å². The summed E-state index contributed by atoms with van der Waals surface area (Å²) in [5, 5.41) is 14.4. The van der Waals surface area contributed by atoms with E-state index in [4.69, 9.17) is 0 Å². The molecule has 5 heteroatoms. The molecule has 0 aromatic heterocycles. The van der Waals surface area contributed by atoms with Crippen molar-refractivity contribution in [2.24, 2.45) is 5.10 Å². The molecule has 4 nitrogen and oxygen atoms in total. The molecule has 2 aromatic carbocycles. The highest BCUT2D eigenvalue weighted by molar-refractivity contribution is 9.10. The van der Waals surface area contributed by atoms with Gasteiger partial charge in [-0.05, 0) is 36.6 Å². The second-order valence-electron chi connectivity index (χ2n) is 6.71. The molecule has 0 radical (unpaired) electrons. The summed E-state index contributed by atoms with van der Waals surface area (Å²) in [6, 6.07) is 10.9. The first kappa shape index (κ1) is 18.2. The molecule has 0 atom stereocenters. The van der Waals surface area contributed by atoms with E-state index in [1.807, 2.05) is 45.9 Å². The van der Waals surface area contributed by atoms with Crippen LogP contribution in [0.2, 0.25) is 0 Å². The van der Waals surface area contributed by atoms with Gasteiger partial charge in [-0.3, -0.25) is 4.79 Å². The second-order valence-corrected chi connectivity index (χ2v) is 7.63. The SMILES string of the molecule is Cc1cccc(C(=O)NN=Cc2cc(Br)cc(C(C)(C)C)c2O)c1. The lowest BCUT2D eigenvalue weighted by atomic mass is 9.85. The van der Waals surface area contributed by atoms with Gasteiger partial charge in [0.05, 0.1) is 6.21 Å². The van der Waals surface area contributed by atoms with E-state index in [1.54, 1.807) is 18.2 Å². The third-order valence-electron chi connectivity index (χ3n) is 3.56. The van der Waals surface area contributed by atoms with E-state index in [0.29, 0.717) is 11.1 Å². The Labute approximate surface area is 150 Å². The van der Waals surface area contributed by atoms with Crippen molar-refractivity contribution >= 4 is 28.1 Å². The van der Waals surface area contributed by atoms with Crippen LogP contribution in [0.25, 0.3) is 0 Å². The highest BCUT2D eigenvalue weighted by atomic mass is 79.9. The van der Waals surface area contributed by atoms with E-state index in [1.165, 1.54) is 6.21 Å². The van der Waals surface area contributed by atoms with E-state index in [9.17, 15) is 9.90 Å². The molecule has 0 unspecified atom stereocenters. The minimum Gasteiger partial charge on any atom is -0.507 e. The third kappa shape index (κ3) is 4.45. The summed E-state index contributed by atoms with van der Waals surface area (Å²) < 4.78 is 0.844. The molecule has 2 N–H and O–H groups in total. The maximum Gasteiger partial charge on any atom is 0.271 e. The van der Waals surface area contributed by atoms with Gasteiger partial charge < -0.3 is 5.11 Å². The van der Waals surface area contributed by atoms with Gasteiger partial charge in [-0.25, -0.2) is 5.43 Å². The minimum absolute atomic E-state index is 0.166. The molecular formula is C19H21BrN2O2. The monoisotopic (exact) mass is 388 g/mol. The first-order valence-corrected chi connectivity index (χ1v) is 8.41. The summed E-state index contributed by atoms with van der Waals surface area (Å²) in [4.78, 5) is 12.1. The van der Waals surface area contributed by atoms with Crippen LogP contribution in [0.1, 0.15) is 47.8 Å². The Morgan fingerprint density at radius 1 is 1.25 bits per heavy atom. The number of aromatic hydroxyl groups is 1. The van der Waals surface area contributed by atoms with Crippen LogP contribution in [0, 0.1) is 6.92 Å². The van der Waals surface area contributed by atoms with Crippen LogP contribution in [0.3, 0.4) is 0 Å². The van der Waals surface area contributed by atoms with E-state index >= 15 is 0 Å². The molecule has 24 heavy (non-hydrogen) atoms. The van der Waals surface area contributed by atoms with Gasteiger partial charge in [-0.1, -0.05) is 54.4 Å². The van der Waals surface area contributed by atoms with Gasteiger partial charge in [0.1, 0.15) is 5.75 Å². The van der Waals surface area contributed by atoms with Gasteiger partial charge in [0, 0.05) is 21.2 Å². The lowest BCUT2D eigenvalue weighted by molar-refractivity contribution is 0.0955. The molecule has 0 aliphatic carbocycles. The van der Waals surface area contributed by atoms with Gasteiger partial charge in [0.25, 0.3) is 5.91 Å². The molecule has 0 spiro atoms. The fourth-order valence-corrected chi connectivity index (χ4v) is 2.78. The van der Waals surface area contributed by atoms with Crippen LogP contribution in [0.4, 0.5) is 0 Å². The lowest BCUT2D eigenvalue weighted by Gasteiger charge is -2.21. The summed E-state index contributed by atoms with van der Waals surface area (Å²) in [7, 11) is 0. The van der Waals surface area contributed by atoms with Crippen molar-refractivity contribution in [2.45, 2.75) is 33.1 Å². The Morgan fingerprint density at radius 2 is 1.96 bits per heavy atom. The van der Waals surface area contributed by atoms with E-state index in [-0.39, 0.29) is 17.1 Å². The number of hydrogen-bond donors (Lipinski definition) is 2. The van der Waals surface area contributed by atoms with Crippen molar-refractivity contribution in [2.75, 3.05) is 0 Å². The molecule has 0 saturated heterocycles. The lowest BCUT2D eigenvalue weighted by Crippen LogP contribution is -2.17. The fraction of sp³-hybridized carbons (Fsp3) is 0.263. The third-order valence-corrected chi connectivity index (χ3v) is 4.02. The normalized spacial score (nSPS) is 11.7. The molecule has 0 aliphatic rings. The zero-order chi connectivity index (χ0) is 17.9. The molecule has 2 aromatic rings. The van der Waals surface area contributed by atoms with Crippen molar-refractivity contribution in [1.82, 2.24) is 5.43 Å². The van der Waals surface area contributed by atoms with Gasteiger partial charge in [-0.15, -0.1) is 0 Å². The number of nitrogens with zero attached hydrogens (tertiary/aromatic N) is 1. The molecule has 2 rings (SSSR count). The maximum atomic E-state index is 12.1. The number of carbonyl (C=O) groups excluding carboxylic acids is 1. The van der Waals surface area contributed by atoms with Gasteiger partial charge in [0.15, 0.2) is 0 Å². The maximum absolute atomic E-state index is 12.1. The number of halogens is 1. The van der Waals surface area contributed by atoms with Crippen molar-refractivity contribution in [3.63, 3.8) is 0 Å². The Hall–Kier alpha value is -2.14. The summed E-state index contributed by atoms with van der Waals surface area (Å²) >= 11 is 3.45. The van der Waals surface area contributed by atoms with Crippen LogP contribution in [-0.4, -0.2) is 17.2 Å². The molecule has 0 bridgehead atoms. The standard InChI is InChI=1S/C19H21BrN2O2/c1-12-6-5-7-13(8-12)18(24)22-21-11-14-9-15(20)10-16(17(14)23)19(2,3)4/h5-11,23H,1-4H3,(H,22,24).